The molecule has 168 valence electrons. The summed E-state index contributed by atoms with van der Waals surface area (Å²) in [5, 5.41) is 2.83. The molecule has 0 bridgehead atoms. The monoisotopic (exact) mass is 448 g/mol. The number of carbonyl (C=O) groups is 1. The van der Waals surface area contributed by atoms with Crippen LogP contribution in [0.25, 0.3) is 0 Å². The van der Waals surface area contributed by atoms with Gasteiger partial charge in [0, 0.05) is 19.0 Å². The third-order valence-corrected chi connectivity index (χ3v) is 7.41. The maximum absolute atomic E-state index is 12.9. The number of hydrogen-bond donors (Lipinski definition) is 1. The third-order valence-electron chi connectivity index (χ3n) is 5.49. The Kier molecular flexibility index (Phi) is 7.67. The van der Waals surface area contributed by atoms with Crippen LogP contribution in [0.2, 0.25) is 0 Å². The molecule has 1 saturated heterocycles. The van der Waals surface area contributed by atoms with Crippen LogP contribution in [0.3, 0.4) is 0 Å². The first kappa shape index (κ1) is 23.2. The lowest BCUT2D eigenvalue weighted by molar-refractivity contribution is -0.126. The van der Waals surface area contributed by atoms with Crippen molar-refractivity contribution in [2.75, 3.05) is 26.2 Å². The van der Waals surface area contributed by atoms with Crippen molar-refractivity contribution in [1.29, 1.82) is 0 Å². The van der Waals surface area contributed by atoms with Crippen LogP contribution >= 0.6 is 0 Å². The Balaban J connectivity index is 1.44. The van der Waals surface area contributed by atoms with Crippen molar-refractivity contribution in [3.8, 4) is 5.75 Å². The van der Waals surface area contributed by atoms with Gasteiger partial charge < -0.3 is 10.1 Å². The largest absolute Gasteiger partial charge is 0.492 e. The van der Waals surface area contributed by atoms with E-state index in [1.165, 1.54) is 28.6 Å². The molecule has 0 atom stereocenters. The maximum atomic E-state index is 12.9. The predicted octanol–water partition coefficient (Wildman–Crippen LogP) is 3.55. The number of rotatable bonds is 8. The zero-order chi connectivity index (χ0) is 22.4. The smallest absolute Gasteiger partial charge is 0.243 e. The number of carbonyl (C=O) groups excluding carboxylic acids is 1. The summed E-state index contributed by atoms with van der Waals surface area (Å²) < 4.78 is 45.6. The second-order valence-corrected chi connectivity index (χ2v) is 9.93. The molecule has 6 nitrogen and oxygen atoms in total. The summed E-state index contributed by atoms with van der Waals surface area (Å²) in [6.45, 7) is 5.37. The first-order chi connectivity index (χ1) is 14.8. The number of nitrogens with one attached hydrogen (secondary N) is 1. The van der Waals surface area contributed by atoms with Crippen molar-refractivity contribution in [2.24, 2.45) is 5.92 Å². The van der Waals surface area contributed by atoms with E-state index in [9.17, 15) is 17.6 Å². The fraction of sp³-hybridized carbons (Fsp3) is 0.435. The van der Waals surface area contributed by atoms with Crippen LogP contribution in [0.5, 0.6) is 5.75 Å². The number of amides is 1. The lowest BCUT2D eigenvalue weighted by Crippen LogP contribution is -2.43. The highest BCUT2D eigenvalue weighted by Crippen LogP contribution is 2.25. The van der Waals surface area contributed by atoms with E-state index in [-0.39, 0.29) is 29.1 Å². The number of ether oxygens (including phenoxy) is 1. The molecule has 1 N–H and O–H groups in total. The molecule has 1 amide bonds. The summed E-state index contributed by atoms with van der Waals surface area (Å²) >= 11 is 0. The normalized spacial score (nSPS) is 15.7. The molecule has 31 heavy (non-hydrogen) atoms. The Morgan fingerprint density at radius 1 is 1.10 bits per heavy atom. The molecule has 1 aliphatic rings. The van der Waals surface area contributed by atoms with Crippen LogP contribution in [0.15, 0.2) is 53.4 Å². The molecule has 3 rings (SSSR count). The van der Waals surface area contributed by atoms with E-state index in [0.717, 1.165) is 5.56 Å². The molecule has 2 aromatic carbocycles. The minimum atomic E-state index is -3.55. The predicted molar refractivity (Wildman–Crippen MR) is 117 cm³/mol. The summed E-state index contributed by atoms with van der Waals surface area (Å²) in [5.74, 6) is 0.228. The second kappa shape index (κ2) is 10.2. The van der Waals surface area contributed by atoms with Gasteiger partial charge in [-0.05, 0) is 60.7 Å². The van der Waals surface area contributed by atoms with Crippen LogP contribution in [0, 0.1) is 11.7 Å². The van der Waals surface area contributed by atoms with Gasteiger partial charge in [-0.3, -0.25) is 4.79 Å². The maximum Gasteiger partial charge on any atom is 0.243 e. The molecule has 0 unspecified atom stereocenters. The van der Waals surface area contributed by atoms with Gasteiger partial charge in [0.2, 0.25) is 15.9 Å². The highest BCUT2D eigenvalue weighted by atomic mass is 32.2. The number of piperidine rings is 1. The molecule has 0 aliphatic carbocycles. The van der Waals surface area contributed by atoms with E-state index in [1.807, 2.05) is 12.1 Å². The fourth-order valence-corrected chi connectivity index (χ4v) is 5.02. The van der Waals surface area contributed by atoms with Crippen molar-refractivity contribution >= 4 is 15.9 Å². The van der Waals surface area contributed by atoms with Crippen LogP contribution in [-0.4, -0.2) is 44.9 Å². The molecule has 0 radical (unpaired) electrons. The standard InChI is InChI=1S/C23H29FN2O4S/c1-17(2)18-3-9-22(10-4-18)31(28,29)26-14-11-19(12-15-26)23(27)25-13-16-30-21-7-5-20(24)6-8-21/h3-10,17,19H,11-16H2,1-2H3,(H,25,27). The van der Waals surface area contributed by atoms with Crippen molar-refractivity contribution in [1.82, 2.24) is 9.62 Å². The highest BCUT2D eigenvalue weighted by molar-refractivity contribution is 7.89. The molecule has 0 saturated carbocycles. The van der Waals surface area contributed by atoms with Gasteiger partial charge in [-0.2, -0.15) is 4.31 Å². The summed E-state index contributed by atoms with van der Waals surface area (Å²) in [6.07, 6.45) is 0.960. The van der Waals surface area contributed by atoms with E-state index < -0.39 is 10.0 Å². The van der Waals surface area contributed by atoms with Crippen LogP contribution < -0.4 is 10.1 Å². The van der Waals surface area contributed by atoms with Crippen LogP contribution in [0.4, 0.5) is 4.39 Å². The zero-order valence-electron chi connectivity index (χ0n) is 17.9. The quantitative estimate of drug-likeness (QED) is 0.627. The van der Waals surface area contributed by atoms with E-state index in [1.54, 1.807) is 12.1 Å². The molecule has 1 aliphatic heterocycles. The lowest BCUT2D eigenvalue weighted by atomic mass is 9.97. The first-order valence-corrected chi connectivity index (χ1v) is 12.0. The molecule has 2 aromatic rings. The SMILES string of the molecule is CC(C)c1ccc(S(=O)(=O)N2CCC(C(=O)NCCOc3ccc(F)cc3)CC2)cc1. The summed E-state index contributed by atoms with van der Waals surface area (Å²) in [5.41, 5.74) is 1.10. The van der Waals surface area contributed by atoms with Gasteiger partial charge in [-0.1, -0.05) is 26.0 Å². The van der Waals surface area contributed by atoms with Crippen LogP contribution in [-0.2, 0) is 14.8 Å². The second-order valence-electron chi connectivity index (χ2n) is 8.00. The van der Waals surface area contributed by atoms with Gasteiger partial charge in [0.25, 0.3) is 0 Å². The van der Waals surface area contributed by atoms with E-state index >= 15 is 0 Å². The number of nitrogens with zero attached hydrogens (tertiary/aromatic N) is 1. The van der Waals surface area contributed by atoms with Gasteiger partial charge in [-0.25, -0.2) is 12.8 Å². The van der Waals surface area contributed by atoms with Gasteiger partial charge >= 0.3 is 0 Å². The van der Waals surface area contributed by atoms with E-state index in [4.69, 9.17) is 4.74 Å². The van der Waals surface area contributed by atoms with Gasteiger partial charge in [-0.15, -0.1) is 0 Å². The van der Waals surface area contributed by atoms with E-state index in [0.29, 0.717) is 44.1 Å². The summed E-state index contributed by atoms with van der Waals surface area (Å²) in [7, 11) is -3.55. The van der Waals surface area contributed by atoms with Crippen molar-refractivity contribution < 1.29 is 22.3 Å². The van der Waals surface area contributed by atoms with Gasteiger partial charge in [0.05, 0.1) is 11.4 Å². The minimum Gasteiger partial charge on any atom is -0.492 e. The molecule has 1 fully saturated rings. The Bertz CT molecular complexity index is 968. The average Bonchev–Trinajstić information content (AvgIpc) is 2.78. The Morgan fingerprint density at radius 3 is 2.29 bits per heavy atom. The molecular weight excluding hydrogens is 419 g/mol. The van der Waals surface area contributed by atoms with Crippen molar-refractivity contribution in [3.63, 3.8) is 0 Å². The van der Waals surface area contributed by atoms with Crippen LogP contribution in [0.1, 0.15) is 38.2 Å². The minimum absolute atomic E-state index is 0.0963. The molecular formula is C23H29FN2O4S. The topological polar surface area (TPSA) is 75.7 Å². The first-order valence-electron chi connectivity index (χ1n) is 10.5. The van der Waals surface area contributed by atoms with Crippen molar-refractivity contribution in [3.05, 3.63) is 59.9 Å². The number of halogens is 1. The Labute approximate surface area is 183 Å². The van der Waals surface area contributed by atoms with Crippen molar-refractivity contribution in [2.45, 2.75) is 37.5 Å². The fourth-order valence-electron chi connectivity index (χ4n) is 3.55. The number of hydrogen-bond acceptors (Lipinski definition) is 4. The molecule has 0 aromatic heterocycles. The van der Waals surface area contributed by atoms with Gasteiger partial charge in [0.15, 0.2) is 0 Å². The molecule has 8 heteroatoms. The molecule has 0 spiro atoms. The third kappa shape index (κ3) is 6.04. The summed E-state index contributed by atoms with van der Waals surface area (Å²) in [4.78, 5) is 12.7. The highest BCUT2D eigenvalue weighted by Gasteiger charge is 2.32. The Morgan fingerprint density at radius 2 is 1.71 bits per heavy atom. The average molecular weight is 449 g/mol. The number of benzene rings is 2. The van der Waals surface area contributed by atoms with E-state index in [2.05, 4.69) is 19.2 Å². The van der Waals surface area contributed by atoms with Gasteiger partial charge in [0.1, 0.15) is 18.2 Å². The molecule has 1 heterocycles. The lowest BCUT2D eigenvalue weighted by Gasteiger charge is -2.30. The zero-order valence-corrected chi connectivity index (χ0v) is 18.7. The number of sulfonamides is 1. The summed E-state index contributed by atoms with van der Waals surface area (Å²) in [6, 6.07) is 12.7. The Hall–Kier alpha value is -2.45.